The average molecular weight is 1820 g/mol. The van der Waals surface area contributed by atoms with Crippen LogP contribution < -0.4 is 10.6 Å². The first-order valence-corrected chi connectivity index (χ1v) is 38.2. The maximum absolute atomic E-state index is 13.5. The summed E-state index contributed by atoms with van der Waals surface area (Å²) in [6.45, 7) is 4.05. The summed E-state index contributed by atoms with van der Waals surface area (Å²) in [7, 11) is 7.80. The van der Waals surface area contributed by atoms with Gasteiger partial charge in [0, 0.05) is 91.4 Å². The van der Waals surface area contributed by atoms with Crippen LogP contribution in [0, 0.1) is 11.6 Å². The van der Waals surface area contributed by atoms with Crippen molar-refractivity contribution >= 4 is 187 Å². The van der Waals surface area contributed by atoms with Crippen LogP contribution >= 0.6 is 116 Å². The number of benzene rings is 1. The molecule has 0 radical (unpaired) electrons. The third-order valence-electron chi connectivity index (χ3n) is 19.0. The molecule has 0 saturated heterocycles. The van der Waals surface area contributed by atoms with E-state index in [9.17, 15) is 61.5 Å². The lowest BCUT2D eigenvalue weighted by atomic mass is 10.1. The van der Waals surface area contributed by atoms with Gasteiger partial charge in [0.25, 0.3) is 21.4 Å². The van der Waals surface area contributed by atoms with Crippen molar-refractivity contribution in [2.75, 3.05) is 48.0 Å². The Morgan fingerprint density at radius 3 is 1.36 bits per heavy atom. The molecule has 116 heavy (non-hydrogen) atoms. The molecule has 8 aromatic rings. The van der Waals surface area contributed by atoms with Gasteiger partial charge in [-0.25, -0.2) is 42.3 Å². The number of carbonyl (C=O) groups is 11. The fourth-order valence-electron chi connectivity index (χ4n) is 14.0. The lowest BCUT2D eigenvalue weighted by Gasteiger charge is -2.14. The molecule has 15 rings (SSSR count). The number of rotatable bonds is 14. The second-order valence-electron chi connectivity index (χ2n) is 25.4. The molecule has 13 heterocycles. The van der Waals surface area contributed by atoms with Gasteiger partial charge in [0.05, 0.1) is 95.0 Å². The zero-order chi connectivity index (χ0) is 81.0. The first kappa shape index (κ1) is 98.1. The molecular weight excluding hydrogens is 1730 g/mol. The minimum absolute atomic E-state index is 0. The highest BCUT2D eigenvalue weighted by atomic mass is 35.6. The Morgan fingerprint density at radius 1 is 0.483 bits per heavy atom. The normalized spacial score (nSPS) is 13.9. The number of carboxylic acid groups (broad SMARTS) is 1. The van der Waals surface area contributed by atoms with Crippen LogP contribution in [0.2, 0.25) is 30.1 Å². The van der Waals surface area contributed by atoms with Crippen molar-refractivity contribution in [3.63, 3.8) is 0 Å². The number of ether oxygens (including phenoxy) is 6. The summed E-state index contributed by atoms with van der Waals surface area (Å²) in [6, 6.07) is 4.80. The highest BCUT2D eigenvalue weighted by Gasteiger charge is 2.50. The largest absolute Gasteiger partial charge is 0.477 e. The summed E-state index contributed by atoms with van der Waals surface area (Å²) >= 11 is 54.5. The van der Waals surface area contributed by atoms with Crippen molar-refractivity contribution in [2.24, 2.45) is 0 Å². The van der Waals surface area contributed by atoms with Gasteiger partial charge in [-0.2, -0.15) is 0 Å². The van der Waals surface area contributed by atoms with Gasteiger partial charge in [-0.15, -0.1) is 21.5 Å². The number of Topliss-reactive ketones (excluding diaryl/α,β-unsaturated/α-hetero) is 2. The first-order chi connectivity index (χ1) is 52.8. The summed E-state index contributed by atoms with van der Waals surface area (Å²) in [5.41, 5.74) is 7.51. The van der Waals surface area contributed by atoms with Crippen molar-refractivity contribution in [1.29, 1.82) is 0 Å². The van der Waals surface area contributed by atoms with Crippen LogP contribution in [-0.4, -0.2) is 154 Å². The number of alkyl halides is 3. The summed E-state index contributed by atoms with van der Waals surface area (Å²) in [5.74, 6) is -9.32. The molecule has 7 aliphatic rings. The van der Waals surface area contributed by atoms with Crippen LogP contribution in [-0.2, 0) is 117 Å². The predicted molar refractivity (Wildman–Crippen MR) is 437 cm³/mol. The number of ketones is 2. The number of methoxy groups -OCH3 is 6. The van der Waals surface area contributed by atoms with E-state index in [4.69, 9.17) is 110 Å². The van der Waals surface area contributed by atoms with Crippen LogP contribution in [0.4, 0.5) is 14.5 Å². The molecule has 1 aromatic carbocycles. The number of hydrogen-bond donors (Lipinski definition) is 3. The Labute approximate surface area is 716 Å². The monoisotopic (exact) mass is 1810 g/mol. The number of hydrogen-bond acceptors (Lipinski definition) is 20. The number of aryl methyl sites for hydroxylation is 2. The van der Waals surface area contributed by atoms with Gasteiger partial charge in [0.15, 0.2) is 11.6 Å². The van der Waals surface area contributed by atoms with Crippen LogP contribution in [0.5, 0.6) is 0 Å². The molecule has 28 nitrogen and oxygen atoms in total. The number of aromatic nitrogens is 8. The van der Waals surface area contributed by atoms with Gasteiger partial charge in [-0.1, -0.05) is 142 Å². The van der Waals surface area contributed by atoms with E-state index in [1.54, 1.807) is 30.0 Å². The summed E-state index contributed by atoms with van der Waals surface area (Å²) in [5, 5.41) is 23.6. The molecule has 0 atom stereocenters. The number of amides is 2. The molecule has 1 aliphatic carbocycles. The van der Waals surface area contributed by atoms with Crippen molar-refractivity contribution in [3.8, 4) is 0 Å². The fourth-order valence-corrected chi connectivity index (χ4v) is 17.1. The number of halogens is 11. The molecule has 632 valence electrons. The SMILES string of the molecule is C.C.C.C.C.COC(=O)c1c(Cl)c(C(=O)C(Cl)(Cl)Cl)c2n1CCC2.COC(=O)c1c(Cl)c(C(=O)O)n2c1CCC2.COC(=O)c1c(Cl)c(C(=O)OC)n2c1CCC2.COC(=O)c1c(Cl)cc2n1CCC2.COC(=O)c1c(Cl)cn2c1CCC2.O=C(NC1(c2nncs2)CC1)C(=O)c1c(Cl)c(C(=O)Nc2ccc(F)c(F)c2)c2n1CCC2. The fraction of sp³-hybridized carbons (Fsp3) is 0.434. The van der Waals surface area contributed by atoms with Gasteiger partial charge >= 0.3 is 41.8 Å². The third-order valence-corrected chi connectivity index (χ3v) is 22.5. The standard InChI is InChI=1S/C21H16ClF2N5O3S.C11H9Cl4NO3.C11H12ClNO4.C10H10ClNO4.2C9H10ClNO2.5CH4/c22-15-14(18(31)26-10-3-4-11(23)12(24)8-10)13-2-1-7-29(13)16(15)17(30)19(32)27-21(5-6-21)20-28-25-9-33-20;1-19-10(18)8-7(12)6(9(17)11(13,14)15)5-3-2-4-16(5)8;1-16-10(14)7-6-4-3-5-13(6)9(8(7)12)11(15)17-2;1-16-10(15)6-5-3-2-4-12(5)8(7(6)11)9(13)14;1-13-9(12)8-6(10)5-11-4-2-3-7(8)11;1-13-9(12)8-7(10)5-6-3-2-4-11(6)8;;;;;/h3-4,8-9H,1-2,5-7H2,(H,26,31)(H,27,32);2-4H2,1H3;3-5H2,1-2H3;2-4H2,1H3,(H,13,14);2*5H,2-4H2,1H3;5*1H4. The number of carbonyl (C=O) groups excluding carboxylic acids is 10. The number of esters is 6. The number of fused-ring (bicyclic) bond motifs is 6. The van der Waals surface area contributed by atoms with E-state index in [1.165, 1.54) is 60.1 Å². The summed E-state index contributed by atoms with van der Waals surface area (Å²) in [4.78, 5) is 131. The van der Waals surface area contributed by atoms with Crippen molar-refractivity contribution in [3.05, 3.63) is 173 Å². The molecule has 2 amide bonds. The van der Waals surface area contributed by atoms with E-state index in [2.05, 4.69) is 49.3 Å². The molecule has 6 aliphatic heterocycles. The summed E-state index contributed by atoms with van der Waals surface area (Å²) in [6.07, 6.45) is 12.7. The van der Waals surface area contributed by atoms with Crippen LogP contribution in [0.25, 0.3) is 0 Å². The van der Waals surface area contributed by atoms with E-state index in [-0.39, 0.29) is 120 Å². The van der Waals surface area contributed by atoms with Crippen LogP contribution in [0.15, 0.2) is 36.0 Å². The lowest BCUT2D eigenvalue weighted by molar-refractivity contribution is -0.118. The van der Waals surface area contributed by atoms with Gasteiger partial charge < -0.3 is 71.6 Å². The second kappa shape index (κ2) is 41.3. The second-order valence-corrected chi connectivity index (χ2v) is 30.9. The molecule has 7 aromatic heterocycles. The minimum atomic E-state index is -2.11. The Balaban J connectivity index is 0.000000255. The number of nitrogens with zero attached hydrogens (tertiary/aromatic N) is 8. The van der Waals surface area contributed by atoms with Crippen LogP contribution in [0.3, 0.4) is 0 Å². The molecule has 0 bridgehead atoms. The van der Waals surface area contributed by atoms with Crippen LogP contribution in [0.1, 0.15) is 232 Å². The maximum atomic E-state index is 13.5. The molecule has 1 fully saturated rings. The van der Waals surface area contributed by atoms with E-state index in [1.807, 2.05) is 15.2 Å². The van der Waals surface area contributed by atoms with E-state index >= 15 is 0 Å². The third kappa shape index (κ3) is 19.8. The predicted octanol–water partition coefficient (Wildman–Crippen LogP) is 17.0. The number of nitrogens with one attached hydrogen (secondary N) is 2. The summed E-state index contributed by atoms with van der Waals surface area (Å²) < 4.78 is 63.1. The molecule has 0 spiro atoms. The van der Waals surface area contributed by atoms with Crippen molar-refractivity contribution in [2.45, 2.75) is 176 Å². The number of aromatic carboxylic acids is 1. The Hall–Kier alpha value is -8.50. The zero-order valence-corrected chi connectivity index (χ0v) is 67.3. The highest BCUT2D eigenvalue weighted by Crippen LogP contribution is 2.47. The minimum Gasteiger partial charge on any atom is -0.477 e. The smallest absolute Gasteiger partial charge is 0.356 e. The topological polar surface area (TPSA) is 343 Å². The van der Waals surface area contributed by atoms with Gasteiger partial charge in [-0.05, 0) is 108 Å². The average Bonchev–Trinajstić information content (AvgIpc) is 1.59. The Kier molecular flexibility index (Phi) is 34.9. The lowest BCUT2D eigenvalue weighted by Crippen LogP contribution is -2.40. The molecular formula is C76H87Cl9F2N10O18S. The number of anilines is 1. The van der Waals surface area contributed by atoms with E-state index in [0.29, 0.717) is 115 Å². The molecule has 3 N–H and O–H groups in total. The van der Waals surface area contributed by atoms with Crippen molar-refractivity contribution < 1.29 is 95.0 Å². The van der Waals surface area contributed by atoms with Crippen molar-refractivity contribution in [1.82, 2.24) is 42.9 Å². The first-order valence-electron chi connectivity index (χ1n) is 33.9. The Bertz CT molecular complexity index is 4980. The highest BCUT2D eigenvalue weighted by molar-refractivity contribution is 7.09. The molecule has 0 unspecified atom stereocenters. The van der Waals surface area contributed by atoms with Gasteiger partial charge in [0.1, 0.15) is 50.1 Å². The van der Waals surface area contributed by atoms with E-state index < -0.39 is 74.2 Å². The van der Waals surface area contributed by atoms with E-state index in [0.717, 1.165) is 87.2 Å². The zero-order valence-electron chi connectivity index (χ0n) is 59.6. The Morgan fingerprint density at radius 2 is 0.897 bits per heavy atom. The molecule has 40 heteroatoms. The van der Waals surface area contributed by atoms with Gasteiger partial charge in [0.2, 0.25) is 5.78 Å². The number of carboxylic acids is 1. The van der Waals surface area contributed by atoms with Gasteiger partial charge in [-0.3, -0.25) is 19.2 Å². The molecule has 1 saturated carbocycles. The maximum Gasteiger partial charge on any atom is 0.356 e. The quantitative estimate of drug-likeness (QED) is 0.0299.